The molecule has 0 amide bonds. The van der Waals surface area contributed by atoms with Gasteiger partial charge in [0.2, 0.25) is 0 Å². The van der Waals surface area contributed by atoms with Crippen molar-refractivity contribution in [1.82, 2.24) is 9.55 Å². The van der Waals surface area contributed by atoms with Crippen LogP contribution >= 0.6 is 11.6 Å². The van der Waals surface area contributed by atoms with Crippen LogP contribution in [0.25, 0.3) is 11.0 Å². The van der Waals surface area contributed by atoms with Crippen molar-refractivity contribution in [1.29, 1.82) is 0 Å². The summed E-state index contributed by atoms with van der Waals surface area (Å²) in [5.74, 6) is -1.52. The third kappa shape index (κ3) is 2.42. The summed E-state index contributed by atoms with van der Waals surface area (Å²) in [6, 6.07) is 2.36. The fourth-order valence-corrected chi connectivity index (χ4v) is 4.78. The molecule has 1 unspecified atom stereocenters. The average molecular weight is 335 g/mol. The van der Waals surface area contributed by atoms with Gasteiger partial charge in [-0.15, -0.1) is 11.6 Å². The van der Waals surface area contributed by atoms with Crippen LogP contribution in [0, 0.1) is 11.6 Å². The number of fused-ring (bicyclic) bond motifs is 1. The summed E-state index contributed by atoms with van der Waals surface area (Å²) in [5.41, 5.74) is 0.257. The third-order valence-corrected chi connectivity index (χ3v) is 6.34. The fourth-order valence-electron chi connectivity index (χ4n) is 2.77. The monoisotopic (exact) mass is 334 g/mol. The van der Waals surface area contributed by atoms with E-state index in [0.717, 1.165) is 6.07 Å². The van der Waals surface area contributed by atoms with Crippen molar-refractivity contribution in [3.63, 3.8) is 0 Å². The highest BCUT2D eigenvalue weighted by molar-refractivity contribution is 7.92. The first-order valence-corrected chi connectivity index (χ1v) is 8.79. The van der Waals surface area contributed by atoms with Gasteiger partial charge in [0.05, 0.1) is 22.4 Å². The van der Waals surface area contributed by atoms with Crippen molar-refractivity contribution in [2.24, 2.45) is 0 Å². The summed E-state index contributed by atoms with van der Waals surface area (Å²) in [6.45, 7) is 0.0568. The minimum atomic E-state index is -3.19. The number of sulfone groups is 1. The van der Waals surface area contributed by atoms with E-state index in [0.29, 0.717) is 18.7 Å². The Morgan fingerprint density at radius 2 is 2.14 bits per heavy atom. The maximum atomic E-state index is 14.0. The minimum Gasteiger partial charge on any atom is -0.323 e. The standard InChI is InChI=1S/C13H13ClF2N2O2S/c14-6-11-17-10-4-3-9(15)12(16)13(10)18(11)7-8-2-1-5-21(8,19)20/h3-4,8H,1-2,5-7H2. The van der Waals surface area contributed by atoms with Crippen molar-refractivity contribution >= 4 is 32.5 Å². The van der Waals surface area contributed by atoms with Crippen LogP contribution in [0.5, 0.6) is 0 Å². The van der Waals surface area contributed by atoms with E-state index in [1.165, 1.54) is 10.6 Å². The molecule has 0 spiro atoms. The van der Waals surface area contributed by atoms with Gasteiger partial charge in [0.1, 0.15) is 11.3 Å². The molecule has 2 heterocycles. The maximum Gasteiger partial charge on any atom is 0.184 e. The highest BCUT2D eigenvalue weighted by Gasteiger charge is 2.33. The molecular formula is C13H13ClF2N2O2S. The van der Waals surface area contributed by atoms with Crippen LogP contribution in [0.15, 0.2) is 12.1 Å². The minimum absolute atomic E-state index is 0.00249. The molecule has 1 aliphatic heterocycles. The maximum absolute atomic E-state index is 14.0. The van der Waals surface area contributed by atoms with Gasteiger partial charge in [0, 0.05) is 6.54 Å². The van der Waals surface area contributed by atoms with Gasteiger partial charge in [-0.3, -0.25) is 0 Å². The highest BCUT2D eigenvalue weighted by atomic mass is 35.5. The predicted molar refractivity (Wildman–Crippen MR) is 76.0 cm³/mol. The van der Waals surface area contributed by atoms with Crippen LogP contribution in [0.4, 0.5) is 8.78 Å². The summed E-state index contributed by atoms with van der Waals surface area (Å²) in [5, 5.41) is -0.598. The summed E-state index contributed by atoms with van der Waals surface area (Å²) in [6.07, 6.45) is 1.10. The van der Waals surface area contributed by atoms with E-state index in [2.05, 4.69) is 4.98 Å². The van der Waals surface area contributed by atoms with Gasteiger partial charge in [-0.25, -0.2) is 22.2 Å². The van der Waals surface area contributed by atoms with E-state index in [1.807, 2.05) is 0 Å². The van der Waals surface area contributed by atoms with E-state index in [1.54, 1.807) is 0 Å². The molecule has 21 heavy (non-hydrogen) atoms. The molecule has 8 heteroatoms. The Labute approximate surface area is 125 Å². The molecule has 0 aliphatic carbocycles. The number of hydrogen-bond acceptors (Lipinski definition) is 3. The normalized spacial score (nSPS) is 21.2. The van der Waals surface area contributed by atoms with Crippen molar-refractivity contribution in [3.8, 4) is 0 Å². The molecule has 1 aliphatic rings. The Morgan fingerprint density at radius 1 is 1.38 bits per heavy atom. The van der Waals surface area contributed by atoms with E-state index in [9.17, 15) is 17.2 Å². The molecule has 1 aromatic heterocycles. The second-order valence-corrected chi connectivity index (χ2v) is 7.80. The molecule has 0 radical (unpaired) electrons. The Kier molecular flexibility index (Phi) is 3.65. The molecule has 0 bridgehead atoms. The molecule has 1 aromatic carbocycles. The number of imidazole rings is 1. The lowest BCUT2D eigenvalue weighted by Gasteiger charge is -2.13. The van der Waals surface area contributed by atoms with Gasteiger partial charge in [0.25, 0.3) is 0 Å². The summed E-state index contributed by atoms with van der Waals surface area (Å²) in [7, 11) is -3.19. The summed E-state index contributed by atoms with van der Waals surface area (Å²) >= 11 is 5.80. The molecule has 3 rings (SSSR count). The lowest BCUT2D eigenvalue weighted by atomic mass is 10.2. The van der Waals surface area contributed by atoms with Crippen molar-refractivity contribution in [3.05, 3.63) is 29.6 Å². The van der Waals surface area contributed by atoms with Crippen molar-refractivity contribution in [2.75, 3.05) is 5.75 Å². The molecular weight excluding hydrogens is 322 g/mol. The molecule has 0 saturated carbocycles. The van der Waals surface area contributed by atoms with E-state index >= 15 is 0 Å². The fraction of sp³-hybridized carbons (Fsp3) is 0.462. The second kappa shape index (κ2) is 5.21. The first kappa shape index (κ1) is 14.7. The van der Waals surface area contributed by atoms with Crippen LogP contribution < -0.4 is 0 Å². The SMILES string of the molecule is O=S1(=O)CCCC1Cn1c(CCl)nc2ccc(F)c(F)c21. The predicted octanol–water partition coefficient (Wildman–Crippen LogP) is 2.63. The summed E-state index contributed by atoms with van der Waals surface area (Å²) in [4.78, 5) is 4.15. The second-order valence-electron chi connectivity index (χ2n) is 5.13. The first-order valence-electron chi connectivity index (χ1n) is 6.54. The van der Waals surface area contributed by atoms with Gasteiger partial charge in [-0.05, 0) is 25.0 Å². The van der Waals surface area contributed by atoms with Crippen LogP contribution in [-0.4, -0.2) is 29.0 Å². The Hall–Kier alpha value is -1.21. The Balaban J connectivity index is 2.14. The Morgan fingerprint density at radius 3 is 2.76 bits per heavy atom. The number of rotatable bonds is 3. The van der Waals surface area contributed by atoms with E-state index in [4.69, 9.17) is 11.6 Å². The van der Waals surface area contributed by atoms with Crippen LogP contribution in [0.3, 0.4) is 0 Å². The lowest BCUT2D eigenvalue weighted by molar-refractivity contribution is 0.507. The lowest BCUT2D eigenvalue weighted by Crippen LogP contribution is -2.23. The van der Waals surface area contributed by atoms with Gasteiger partial charge >= 0.3 is 0 Å². The molecule has 4 nitrogen and oxygen atoms in total. The number of aromatic nitrogens is 2. The summed E-state index contributed by atoms with van der Waals surface area (Å²) < 4.78 is 52.8. The topological polar surface area (TPSA) is 52.0 Å². The number of alkyl halides is 1. The first-order chi connectivity index (χ1) is 9.94. The smallest absolute Gasteiger partial charge is 0.184 e. The number of halogens is 3. The van der Waals surface area contributed by atoms with Crippen LogP contribution in [-0.2, 0) is 22.3 Å². The molecule has 0 N–H and O–H groups in total. The molecule has 114 valence electrons. The largest absolute Gasteiger partial charge is 0.323 e. The zero-order valence-electron chi connectivity index (χ0n) is 11.0. The van der Waals surface area contributed by atoms with Crippen molar-refractivity contribution < 1.29 is 17.2 Å². The van der Waals surface area contributed by atoms with Gasteiger partial charge in [0.15, 0.2) is 21.5 Å². The van der Waals surface area contributed by atoms with Gasteiger partial charge in [-0.2, -0.15) is 0 Å². The molecule has 1 atom stereocenters. The van der Waals surface area contributed by atoms with E-state index < -0.39 is 26.7 Å². The number of benzene rings is 1. The quantitative estimate of drug-likeness (QED) is 0.811. The highest BCUT2D eigenvalue weighted by Crippen LogP contribution is 2.27. The van der Waals surface area contributed by atoms with Crippen molar-refractivity contribution in [2.45, 2.75) is 30.5 Å². The molecule has 1 saturated heterocycles. The van der Waals surface area contributed by atoms with E-state index in [-0.39, 0.29) is 29.2 Å². The van der Waals surface area contributed by atoms with Gasteiger partial charge < -0.3 is 4.57 Å². The molecule has 1 fully saturated rings. The molecule has 2 aromatic rings. The average Bonchev–Trinajstić information content (AvgIpc) is 2.96. The zero-order valence-corrected chi connectivity index (χ0v) is 12.6. The zero-order chi connectivity index (χ0) is 15.2. The van der Waals surface area contributed by atoms with Crippen LogP contribution in [0.1, 0.15) is 18.7 Å². The number of hydrogen-bond donors (Lipinski definition) is 0. The van der Waals surface area contributed by atoms with Crippen LogP contribution in [0.2, 0.25) is 0 Å². The Bertz CT molecular complexity index is 804. The number of nitrogens with zero attached hydrogens (tertiary/aromatic N) is 2. The van der Waals surface area contributed by atoms with Gasteiger partial charge in [-0.1, -0.05) is 0 Å². The third-order valence-electron chi connectivity index (χ3n) is 3.85.